The average molecular weight is 371 g/mol. The molecule has 4 rings (SSSR count). The Morgan fingerprint density at radius 2 is 1.61 bits per heavy atom. The van der Waals surface area contributed by atoms with E-state index in [2.05, 4.69) is 56.3 Å². The van der Waals surface area contributed by atoms with Crippen molar-refractivity contribution in [1.29, 1.82) is 0 Å². The molecule has 1 amide bonds. The normalized spacial score (nSPS) is 15.8. The average Bonchev–Trinajstić information content (AvgIpc) is 2.72. The molecule has 3 aromatic carbocycles. The highest BCUT2D eigenvalue weighted by molar-refractivity contribution is 5.70. The van der Waals surface area contributed by atoms with Crippen molar-refractivity contribution in [2.75, 3.05) is 6.54 Å². The van der Waals surface area contributed by atoms with E-state index < -0.39 is 0 Å². The van der Waals surface area contributed by atoms with Crippen LogP contribution in [0.15, 0.2) is 72.8 Å². The summed E-state index contributed by atoms with van der Waals surface area (Å²) in [7, 11) is 0. The van der Waals surface area contributed by atoms with Crippen molar-refractivity contribution in [1.82, 2.24) is 4.90 Å². The van der Waals surface area contributed by atoms with Crippen LogP contribution in [0.25, 0.3) is 0 Å². The SMILES string of the molecule is Cc1cccc(C)c1C1c2ccccc2CCN1C(=O)OCc1ccccc1. The van der Waals surface area contributed by atoms with Gasteiger partial charge in [0, 0.05) is 6.54 Å². The van der Waals surface area contributed by atoms with E-state index in [0.717, 1.165) is 12.0 Å². The van der Waals surface area contributed by atoms with Gasteiger partial charge >= 0.3 is 6.09 Å². The van der Waals surface area contributed by atoms with Gasteiger partial charge in [-0.2, -0.15) is 0 Å². The third kappa shape index (κ3) is 3.53. The summed E-state index contributed by atoms with van der Waals surface area (Å²) in [4.78, 5) is 15.0. The summed E-state index contributed by atoms with van der Waals surface area (Å²) in [6, 6.07) is 24.5. The fourth-order valence-electron chi connectivity index (χ4n) is 4.14. The lowest BCUT2D eigenvalue weighted by atomic mass is 9.84. The second kappa shape index (κ2) is 7.89. The van der Waals surface area contributed by atoms with E-state index in [1.165, 1.54) is 27.8 Å². The Hall–Kier alpha value is -3.07. The number of rotatable bonds is 3. The van der Waals surface area contributed by atoms with Crippen molar-refractivity contribution < 1.29 is 9.53 Å². The predicted octanol–water partition coefficient (Wildman–Crippen LogP) is 5.59. The number of nitrogens with zero attached hydrogens (tertiary/aromatic N) is 1. The lowest BCUT2D eigenvalue weighted by Crippen LogP contribution is -2.41. The topological polar surface area (TPSA) is 29.5 Å². The zero-order valence-electron chi connectivity index (χ0n) is 16.4. The van der Waals surface area contributed by atoms with Gasteiger partial charge in [0.15, 0.2) is 0 Å². The highest BCUT2D eigenvalue weighted by atomic mass is 16.6. The van der Waals surface area contributed by atoms with Crippen LogP contribution in [0.2, 0.25) is 0 Å². The van der Waals surface area contributed by atoms with E-state index >= 15 is 0 Å². The minimum atomic E-state index is -0.258. The molecule has 3 aromatic rings. The first-order valence-corrected chi connectivity index (χ1v) is 9.76. The second-order valence-corrected chi connectivity index (χ2v) is 7.39. The van der Waals surface area contributed by atoms with Crippen LogP contribution in [0.5, 0.6) is 0 Å². The number of ether oxygens (including phenoxy) is 1. The summed E-state index contributed by atoms with van der Waals surface area (Å²) in [5, 5.41) is 0. The van der Waals surface area contributed by atoms with E-state index in [-0.39, 0.29) is 18.7 Å². The molecule has 0 bridgehead atoms. The van der Waals surface area contributed by atoms with Crippen molar-refractivity contribution in [3.8, 4) is 0 Å². The van der Waals surface area contributed by atoms with Crippen molar-refractivity contribution >= 4 is 6.09 Å². The second-order valence-electron chi connectivity index (χ2n) is 7.39. The Kier molecular flexibility index (Phi) is 5.16. The summed E-state index contributed by atoms with van der Waals surface area (Å²) >= 11 is 0. The van der Waals surface area contributed by atoms with Crippen LogP contribution >= 0.6 is 0 Å². The van der Waals surface area contributed by atoms with Crippen LogP contribution in [-0.2, 0) is 17.8 Å². The molecule has 0 saturated carbocycles. The van der Waals surface area contributed by atoms with E-state index in [1.54, 1.807) is 0 Å². The smallest absolute Gasteiger partial charge is 0.410 e. The third-order valence-corrected chi connectivity index (χ3v) is 5.54. The summed E-state index contributed by atoms with van der Waals surface area (Å²) in [5.74, 6) is 0. The van der Waals surface area contributed by atoms with E-state index in [1.807, 2.05) is 35.2 Å². The Labute approximate surface area is 166 Å². The summed E-state index contributed by atoms with van der Waals surface area (Å²) in [6.45, 7) is 5.18. The minimum absolute atomic E-state index is 0.116. The molecule has 0 aliphatic carbocycles. The van der Waals surface area contributed by atoms with Crippen LogP contribution in [0, 0.1) is 13.8 Å². The van der Waals surface area contributed by atoms with Crippen LogP contribution in [-0.4, -0.2) is 17.5 Å². The highest BCUT2D eigenvalue weighted by Gasteiger charge is 2.34. The van der Waals surface area contributed by atoms with Crippen molar-refractivity contribution in [3.05, 3.63) is 106 Å². The molecule has 0 spiro atoms. The molecule has 1 heterocycles. The maximum atomic E-state index is 13.1. The largest absolute Gasteiger partial charge is 0.445 e. The predicted molar refractivity (Wildman–Crippen MR) is 111 cm³/mol. The van der Waals surface area contributed by atoms with Gasteiger partial charge in [0.1, 0.15) is 6.61 Å². The maximum Gasteiger partial charge on any atom is 0.410 e. The first-order valence-electron chi connectivity index (χ1n) is 9.76. The summed E-state index contributed by atoms with van der Waals surface area (Å²) < 4.78 is 5.70. The van der Waals surface area contributed by atoms with Crippen LogP contribution in [0.4, 0.5) is 4.79 Å². The standard InChI is InChI=1S/C25H25NO2/c1-18-9-8-10-19(2)23(18)24-22-14-7-6-13-21(22)15-16-26(24)25(27)28-17-20-11-4-3-5-12-20/h3-14,24H,15-17H2,1-2H3. The quantitative estimate of drug-likeness (QED) is 0.601. The van der Waals surface area contributed by atoms with E-state index in [9.17, 15) is 4.79 Å². The molecule has 3 heteroatoms. The van der Waals surface area contributed by atoms with Gasteiger partial charge in [0.2, 0.25) is 0 Å². The van der Waals surface area contributed by atoms with Gasteiger partial charge in [-0.05, 0) is 53.6 Å². The van der Waals surface area contributed by atoms with Gasteiger partial charge in [0.25, 0.3) is 0 Å². The number of aryl methyl sites for hydroxylation is 2. The molecule has 1 atom stereocenters. The number of carbonyl (C=O) groups excluding carboxylic acids is 1. The van der Waals surface area contributed by atoms with Gasteiger partial charge < -0.3 is 4.74 Å². The number of hydrogen-bond donors (Lipinski definition) is 0. The van der Waals surface area contributed by atoms with Crippen molar-refractivity contribution in [2.24, 2.45) is 0 Å². The highest BCUT2D eigenvalue weighted by Crippen LogP contribution is 2.38. The lowest BCUT2D eigenvalue weighted by Gasteiger charge is -2.38. The molecular formula is C25H25NO2. The molecule has 0 saturated heterocycles. The van der Waals surface area contributed by atoms with Crippen LogP contribution in [0.1, 0.15) is 39.4 Å². The van der Waals surface area contributed by atoms with Crippen molar-refractivity contribution in [3.63, 3.8) is 0 Å². The van der Waals surface area contributed by atoms with Crippen LogP contribution < -0.4 is 0 Å². The molecule has 1 aliphatic heterocycles. The number of fused-ring (bicyclic) bond motifs is 1. The first-order chi connectivity index (χ1) is 13.6. The summed E-state index contributed by atoms with van der Waals surface area (Å²) in [5.41, 5.74) is 7.10. The molecule has 1 aliphatic rings. The van der Waals surface area contributed by atoms with Gasteiger partial charge in [0.05, 0.1) is 6.04 Å². The molecule has 0 fully saturated rings. The van der Waals surface area contributed by atoms with Gasteiger partial charge in [-0.1, -0.05) is 72.8 Å². The molecule has 0 radical (unpaired) electrons. The Bertz CT molecular complexity index is 961. The number of carbonyl (C=O) groups is 1. The maximum absolute atomic E-state index is 13.1. The Morgan fingerprint density at radius 1 is 0.929 bits per heavy atom. The Morgan fingerprint density at radius 3 is 2.36 bits per heavy atom. The fraction of sp³-hybridized carbons (Fsp3) is 0.240. The Balaban J connectivity index is 1.68. The van der Waals surface area contributed by atoms with Crippen molar-refractivity contribution in [2.45, 2.75) is 32.9 Å². The molecule has 28 heavy (non-hydrogen) atoms. The number of benzene rings is 3. The molecule has 1 unspecified atom stereocenters. The number of hydrogen-bond acceptors (Lipinski definition) is 2. The number of amides is 1. The minimum Gasteiger partial charge on any atom is -0.445 e. The third-order valence-electron chi connectivity index (χ3n) is 5.54. The molecule has 3 nitrogen and oxygen atoms in total. The molecule has 0 N–H and O–H groups in total. The first kappa shape index (κ1) is 18.3. The van der Waals surface area contributed by atoms with Gasteiger partial charge in [-0.3, -0.25) is 4.90 Å². The zero-order chi connectivity index (χ0) is 19.5. The van der Waals surface area contributed by atoms with E-state index in [4.69, 9.17) is 4.74 Å². The lowest BCUT2D eigenvalue weighted by molar-refractivity contribution is 0.0835. The molecule has 142 valence electrons. The van der Waals surface area contributed by atoms with Gasteiger partial charge in [-0.15, -0.1) is 0 Å². The van der Waals surface area contributed by atoms with Crippen LogP contribution in [0.3, 0.4) is 0 Å². The van der Waals surface area contributed by atoms with Gasteiger partial charge in [-0.25, -0.2) is 4.79 Å². The fourth-order valence-corrected chi connectivity index (χ4v) is 4.14. The monoisotopic (exact) mass is 371 g/mol. The molecular weight excluding hydrogens is 346 g/mol. The van der Waals surface area contributed by atoms with E-state index in [0.29, 0.717) is 6.54 Å². The molecule has 0 aromatic heterocycles. The summed E-state index contributed by atoms with van der Waals surface area (Å²) in [6.07, 6.45) is 0.587. The zero-order valence-corrected chi connectivity index (χ0v) is 16.4.